The Morgan fingerprint density at radius 3 is 2.50 bits per heavy atom. The van der Waals surface area contributed by atoms with E-state index in [0.29, 0.717) is 11.3 Å². The lowest BCUT2D eigenvalue weighted by Gasteiger charge is -2.10. The van der Waals surface area contributed by atoms with Crippen molar-refractivity contribution in [1.29, 1.82) is 5.26 Å². The molecule has 4 heteroatoms. The van der Waals surface area contributed by atoms with Crippen LogP contribution in [0.1, 0.15) is 11.1 Å². The van der Waals surface area contributed by atoms with Crippen LogP contribution in [0.15, 0.2) is 36.4 Å². The SMILES string of the molecule is Cc1ccc(C#N)c(Nc2ccc(F)cc2F)c1. The summed E-state index contributed by atoms with van der Waals surface area (Å²) in [4.78, 5) is 0. The van der Waals surface area contributed by atoms with Gasteiger partial charge in [-0.25, -0.2) is 8.78 Å². The second kappa shape index (κ2) is 4.84. The van der Waals surface area contributed by atoms with Gasteiger partial charge >= 0.3 is 0 Å². The summed E-state index contributed by atoms with van der Waals surface area (Å²) in [6, 6.07) is 10.5. The van der Waals surface area contributed by atoms with Crippen molar-refractivity contribution in [2.24, 2.45) is 0 Å². The van der Waals surface area contributed by atoms with Crippen molar-refractivity contribution in [3.05, 3.63) is 59.2 Å². The van der Waals surface area contributed by atoms with Crippen molar-refractivity contribution >= 4 is 11.4 Å². The molecule has 90 valence electrons. The van der Waals surface area contributed by atoms with Crippen LogP contribution >= 0.6 is 0 Å². The Morgan fingerprint density at radius 1 is 1.06 bits per heavy atom. The van der Waals surface area contributed by atoms with E-state index in [2.05, 4.69) is 5.32 Å². The number of nitriles is 1. The number of hydrogen-bond donors (Lipinski definition) is 1. The molecule has 0 aliphatic heterocycles. The zero-order valence-corrected chi connectivity index (χ0v) is 9.67. The van der Waals surface area contributed by atoms with E-state index in [1.165, 1.54) is 6.07 Å². The van der Waals surface area contributed by atoms with E-state index >= 15 is 0 Å². The first-order valence-electron chi connectivity index (χ1n) is 5.33. The average Bonchev–Trinajstić information content (AvgIpc) is 2.33. The summed E-state index contributed by atoms with van der Waals surface area (Å²) in [7, 11) is 0. The maximum Gasteiger partial charge on any atom is 0.149 e. The molecule has 0 amide bonds. The third-order valence-electron chi connectivity index (χ3n) is 2.50. The third kappa shape index (κ3) is 2.46. The van der Waals surface area contributed by atoms with Crippen molar-refractivity contribution in [1.82, 2.24) is 0 Å². The van der Waals surface area contributed by atoms with Gasteiger partial charge in [-0.05, 0) is 36.8 Å². The van der Waals surface area contributed by atoms with Gasteiger partial charge in [0, 0.05) is 6.07 Å². The highest BCUT2D eigenvalue weighted by Crippen LogP contribution is 2.24. The highest BCUT2D eigenvalue weighted by molar-refractivity contribution is 5.67. The zero-order chi connectivity index (χ0) is 13.1. The van der Waals surface area contributed by atoms with Gasteiger partial charge in [0.2, 0.25) is 0 Å². The summed E-state index contributed by atoms with van der Waals surface area (Å²) < 4.78 is 26.3. The normalized spacial score (nSPS) is 9.89. The van der Waals surface area contributed by atoms with Crippen LogP contribution in [-0.4, -0.2) is 0 Å². The molecule has 2 rings (SSSR count). The van der Waals surface area contributed by atoms with Gasteiger partial charge in [0.25, 0.3) is 0 Å². The topological polar surface area (TPSA) is 35.8 Å². The summed E-state index contributed by atoms with van der Waals surface area (Å²) in [5, 5.41) is 11.8. The summed E-state index contributed by atoms with van der Waals surface area (Å²) in [5.74, 6) is -1.33. The van der Waals surface area contributed by atoms with Gasteiger partial charge in [0.05, 0.1) is 16.9 Å². The molecule has 0 unspecified atom stereocenters. The van der Waals surface area contributed by atoms with E-state index in [9.17, 15) is 8.78 Å². The molecule has 2 aromatic carbocycles. The molecule has 0 aliphatic rings. The van der Waals surface area contributed by atoms with Crippen LogP contribution in [0.2, 0.25) is 0 Å². The first-order chi connectivity index (χ1) is 8.60. The molecule has 0 radical (unpaired) electrons. The van der Waals surface area contributed by atoms with Crippen molar-refractivity contribution in [3.63, 3.8) is 0 Å². The Morgan fingerprint density at radius 2 is 1.83 bits per heavy atom. The summed E-state index contributed by atoms with van der Waals surface area (Å²) >= 11 is 0. The van der Waals surface area contributed by atoms with Gasteiger partial charge in [0.1, 0.15) is 17.7 Å². The lowest BCUT2D eigenvalue weighted by molar-refractivity contribution is 0.586. The molecular formula is C14H10F2N2. The number of anilines is 2. The first-order valence-corrected chi connectivity index (χ1v) is 5.33. The van der Waals surface area contributed by atoms with E-state index in [-0.39, 0.29) is 5.69 Å². The lowest BCUT2D eigenvalue weighted by atomic mass is 10.1. The number of nitrogens with zero attached hydrogens (tertiary/aromatic N) is 1. The van der Waals surface area contributed by atoms with E-state index in [1.807, 2.05) is 13.0 Å². The Labute approximate surface area is 103 Å². The summed E-state index contributed by atoms with van der Waals surface area (Å²) in [5.41, 5.74) is 1.99. The molecule has 18 heavy (non-hydrogen) atoms. The molecule has 0 aliphatic carbocycles. The Kier molecular flexibility index (Phi) is 3.24. The van der Waals surface area contributed by atoms with E-state index in [4.69, 9.17) is 5.26 Å². The standard InChI is InChI=1S/C14H10F2N2/c1-9-2-3-10(8-17)14(6-9)18-13-5-4-11(15)7-12(13)16/h2-7,18H,1H3. The predicted molar refractivity (Wildman–Crippen MR) is 65.5 cm³/mol. The molecule has 0 spiro atoms. The fraction of sp³-hybridized carbons (Fsp3) is 0.0714. The molecule has 0 saturated heterocycles. The molecule has 2 nitrogen and oxygen atoms in total. The van der Waals surface area contributed by atoms with Crippen LogP contribution in [0.25, 0.3) is 0 Å². The van der Waals surface area contributed by atoms with Gasteiger partial charge in [-0.3, -0.25) is 0 Å². The molecule has 0 fully saturated rings. The summed E-state index contributed by atoms with van der Waals surface area (Å²) in [6.07, 6.45) is 0. The minimum atomic E-state index is -0.694. The number of rotatable bonds is 2. The third-order valence-corrected chi connectivity index (χ3v) is 2.50. The molecule has 2 aromatic rings. The van der Waals surface area contributed by atoms with Gasteiger partial charge in [-0.2, -0.15) is 5.26 Å². The Hall–Kier alpha value is -2.41. The monoisotopic (exact) mass is 244 g/mol. The van der Waals surface area contributed by atoms with Crippen molar-refractivity contribution in [3.8, 4) is 6.07 Å². The van der Waals surface area contributed by atoms with E-state index in [1.54, 1.807) is 18.2 Å². The van der Waals surface area contributed by atoms with Gasteiger partial charge < -0.3 is 5.32 Å². The van der Waals surface area contributed by atoms with Crippen LogP contribution in [0.3, 0.4) is 0 Å². The Balaban J connectivity index is 2.40. The number of benzene rings is 2. The Bertz CT molecular complexity index is 630. The second-order valence-electron chi connectivity index (χ2n) is 3.91. The molecule has 0 atom stereocenters. The molecule has 0 bridgehead atoms. The molecular weight excluding hydrogens is 234 g/mol. The highest BCUT2D eigenvalue weighted by atomic mass is 19.1. The number of halogens is 2. The van der Waals surface area contributed by atoms with Crippen LogP contribution in [0, 0.1) is 29.9 Å². The maximum absolute atomic E-state index is 13.5. The smallest absolute Gasteiger partial charge is 0.149 e. The molecule has 0 heterocycles. The minimum Gasteiger partial charge on any atom is -0.352 e. The van der Waals surface area contributed by atoms with Gasteiger partial charge in [-0.1, -0.05) is 6.07 Å². The first kappa shape index (κ1) is 12.1. The van der Waals surface area contributed by atoms with Gasteiger partial charge in [0.15, 0.2) is 0 Å². The van der Waals surface area contributed by atoms with Crippen molar-refractivity contribution in [2.45, 2.75) is 6.92 Å². The zero-order valence-electron chi connectivity index (χ0n) is 9.67. The molecule has 1 N–H and O–H groups in total. The number of nitrogens with one attached hydrogen (secondary N) is 1. The van der Waals surface area contributed by atoms with Gasteiger partial charge in [-0.15, -0.1) is 0 Å². The fourth-order valence-electron chi connectivity index (χ4n) is 1.59. The fourth-order valence-corrected chi connectivity index (χ4v) is 1.59. The van der Waals surface area contributed by atoms with Crippen molar-refractivity contribution < 1.29 is 8.78 Å². The number of aryl methyl sites for hydroxylation is 1. The summed E-state index contributed by atoms with van der Waals surface area (Å²) in [6.45, 7) is 1.87. The molecule has 0 aromatic heterocycles. The number of hydrogen-bond acceptors (Lipinski definition) is 2. The van der Waals surface area contributed by atoms with Crippen LogP contribution in [0.4, 0.5) is 20.2 Å². The molecule has 0 saturated carbocycles. The minimum absolute atomic E-state index is 0.138. The lowest BCUT2D eigenvalue weighted by Crippen LogP contribution is -1.97. The van der Waals surface area contributed by atoms with Crippen LogP contribution in [-0.2, 0) is 0 Å². The van der Waals surface area contributed by atoms with E-state index < -0.39 is 11.6 Å². The average molecular weight is 244 g/mol. The second-order valence-corrected chi connectivity index (χ2v) is 3.91. The largest absolute Gasteiger partial charge is 0.352 e. The van der Waals surface area contributed by atoms with Crippen LogP contribution < -0.4 is 5.32 Å². The maximum atomic E-state index is 13.5. The van der Waals surface area contributed by atoms with Crippen LogP contribution in [0.5, 0.6) is 0 Å². The van der Waals surface area contributed by atoms with E-state index in [0.717, 1.165) is 17.7 Å². The predicted octanol–water partition coefficient (Wildman–Crippen LogP) is 3.89. The van der Waals surface area contributed by atoms with Crippen molar-refractivity contribution in [2.75, 3.05) is 5.32 Å². The quantitative estimate of drug-likeness (QED) is 0.869. The highest BCUT2D eigenvalue weighted by Gasteiger charge is 2.07.